The molecular weight excluding hydrogens is 556 g/mol. The van der Waals surface area contributed by atoms with Gasteiger partial charge in [0.15, 0.2) is 11.5 Å². The number of nitrogens with one attached hydrogen (secondary N) is 1. The number of anilines is 3. The number of piperazine rings is 1. The van der Waals surface area contributed by atoms with Crippen LogP contribution < -0.4 is 15.2 Å². The molecule has 1 N–H and O–H groups in total. The molecular formula is C33H40N8O3. The summed E-state index contributed by atoms with van der Waals surface area (Å²) in [5.41, 5.74) is 8.47. The summed E-state index contributed by atoms with van der Waals surface area (Å²) in [6.07, 6.45) is 1.54. The first-order valence-corrected chi connectivity index (χ1v) is 15.1. The minimum absolute atomic E-state index is 0.264. The molecule has 4 heterocycles. The van der Waals surface area contributed by atoms with Crippen LogP contribution in [0.4, 0.5) is 22.1 Å². The molecule has 0 aliphatic carbocycles. The molecule has 2 aliphatic heterocycles. The van der Waals surface area contributed by atoms with E-state index in [1.165, 1.54) is 5.56 Å². The molecule has 44 heavy (non-hydrogen) atoms. The summed E-state index contributed by atoms with van der Waals surface area (Å²) >= 11 is 0. The second-order valence-corrected chi connectivity index (χ2v) is 12.2. The third-order valence-corrected chi connectivity index (χ3v) is 7.63. The van der Waals surface area contributed by atoms with Crippen molar-refractivity contribution in [1.29, 1.82) is 0 Å². The summed E-state index contributed by atoms with van der Waals surface area (Å²) in [5, 5.41) is 9.54. The van der Waals surface area contributed by atoms with Gasteiger partial charge in [-0.3, -0.25) is 5.43 Å². The van der Waals surface area contributed by atoms with Crippen LogP contribution in [0, 0.1) is 6.92 Å². The minimum Gasteiger partial charge on any atom is -0.444 e. The van der Waals surface area contributed by atoms with Crippen LogP contribution in [-0.4, -0.2) is 89.9 Å². The van der Waals surface area contributed by atoms with Crippen molar-refractivity contribution in [3.8, 4) is 11.3 Å². The fourth-order valence-corrected chi connectivity index (χ4v) is 5.51. The van der Waals surface area contributed by atoms with Gasteiger partial charge in [-0.2, -0.15) is 14.7 Å². The van der Waals surface area contributed by atoms with Crippen LogP contribution >= 0.6 is 0 Å². The van der Waals surface area contributed by atoms with Crippen LogP contribution in [0.5, 0.6) is 0 Å². The van der Waals surface area contributed by atoms with Crippen molar-refractivity contribution in [2.45, 2.75) is 33.3 Å². The standard InChI is InChI=1S/C33H40N8O3/c1-24-8-7-9-25(20-24)23-34-36-29-22-31(39-16-18-43-19-17-39)41-30(35-29)21-27(37-41)26-10-5-6-11-28(26)38-12-14-40(15-13-38)32(42)44-33(2,3)4/h5-11,20-23H,12-19H2,1-4H3,(H,35,36)/b34-23+. The molecule has 11 heteroatoms. The monoisotopic (exact) mass is 596 g/mol. The van der Waals surface area contributed by atoms with Crippen LogP contribution in [0.15, 0.2) is 65.8 Å². The Labute approximate surface area is 258 Å². The molecule has 0 spiro atoms. The smallest absolute Gasteiger partial charge is 0.410 e. The quantitative estimate of drug-likeness (QED) is 0.244. The van der Waals surface area contributed by atoms with E-state index in [0.29, 0.717) is 45.2 Å². The number of hydrogen-bond donors (Lipinski definition) is 1. The molecule has 6 rings (SSSR count). The molecule has 0 atom stereocenters. The predicted molar refractivity (Wildman–Crippen MR) is 174 cm³/mol. The molecule has 2 aliphatic rings. The Bertz CT molecular complexity index is 1650. The van der Waals surface area contributed by atoms with Gasteiger partial charge in [0.25, 0.3) is 0 Å². The van der Waals surface area contributed by atoms with Crippen LogP contribution in [-0.2, 0) is 9.47 Å². The van der Waals surface area contributed by atoms with Gasteiger partial charge < -0.3 is 24.2 Å². The molecule has 1 amide bonds. The predicted octanol–water partition coefficient (Wildman–Crippen LogP) is 5.04. The van der Waals surface area contributed by atoms with Gasteiger partial charge in [0.2, 0.25) is 0 Å². The van der Waals surface area contributed by atoms with Gasteiger partial charge in [0.1, 0.15) is 11.4 Å². The van der Waals surface area contributed by atoms with Crippen molar-refractivity contribution < 1.29 is 14.3 Å². The van der Waals surface area contributed by atoms with Crippen molar-refractivity contribution in [2.24, 2.45) is 5.10 Å². The molecule has 0 bridgehead atoms. The van der Waals surface area contributed by atoms with Crippen LogP contribution in [0.25, 0.3) is 16.9 Å². The number of rotatable bonds is 6. The SMILES string of the molecule is Cc1cccc(/C=N/Nc2cc(N3CCOCC3)n3nc(-c4ccccc4N4CCN(C(=O)OC(C)(C)C)CC4)cc3n2)c1. The Kier molecular flexibility index (Phi) is 8.38. The largest absolute Gasteiger partial charge is 0.444 e. The second kappa shape index (κ2) is 12.5. The van der Waals surface area contributed by atoms with Crippen LogP contribution in [0.3, 0.4) is 0 Å². The van der Waals surface area contributed by atoms with E-state index in [0.717, 1.165) is 47.1 Å². The van der Waals surface area contributed by atoms with E-state index in [1.807, 2.05) is 61.7 Å². The lowest BCUT2D eigenvalue weighted by Gasteiger charge is -2.37. The van der Waals surface area contributed by atoms with Crippen molar-refractivity contribution in [3.05, 3.63) is 71.8 Å². The Balaban J connectivity index is 1.28. The highest BCUT2D eigenvalue weighted by molar-refractivity contribution is 5.81. The lowest BCUT2D eigenvalue weighted by Crippen LogP contribution is -2.50. The highest BCUT2D eigenvalue weighted by Gasteiger charge is 2.27. The van der Waals surface area contributed by atoms with Gasteiger partial charge in [-0.1, -0.05) is 48.0 Å². The Morgan fingerprint density at radius 3 is 2.48 bits per heavy atom. The first kappa shape index (κ1) is 29.4. The zero-order valence-electron chi connectivity index (χ0n) is 25.9. The first-order valence-electron chi connectivity index (χ1n) is 15.1. The number of carbonyl (C=O) groups is 1. The van der Waals surface area contributed by atoms with Gasteiger partial charge in [0, 0.05) is 62.7 Å². The maximum Gasteiger partial charge on any atom is 0.410 e. The minimum atomic E-state index is -0.513. The summed E-state index contributed by atoms with van der Waals surface area (Å²) in [6, 6.07) is 20.5. The number of para-hydroxylation sites is 1. The molecule has 2 aromatic heterocycles. The average molecular weight is 597 g/mol. The van der Waals surface area contributed by atoms with Gasteiger partial charge in [0.05, 0.1) is 25.1 Å². The molecule has 0 radical (unpaired) electrons. The number of ether oxygens (including phenoxy) is 2. The van der Waals surface area contributed by atoms with E-state index in [4.69, 9.17) is 19.6 Å². The van der Waals surface area contributed by atoms with E-state index in [-0.39, 0.29) is 6.09 Å². The topological polar surface area (TPSA) is 99.8 Å². The molecule has 4 aromatic rings. The van der Waals surface area contributed by atoms with Crippen molar-refractivity contribution in [1.82, 2.24) is 19.5 Å². The molecule has 230 valence electrons. The molecule has 0 saturated carbocycles. The van der Waals surface area contributed by atoms with E-state index < -0.39 is 5.60 Å². The Hall–Kier alpha value is -4.64. The number of amides is 1. The lowest BCUT2D eigenvalue weighted by molar-refractivity contribution is 0.0240. The van der Waals surface area contributed by atoms with E-state index in [2.05, 4.69) is 51.5 Å². The number of fused-ring (bicyclic) bond motifs is 1. The fraction of sp³-hybridized carbons (Fsp3) is 0.394. The third-order valence-electron chi connectivity index (χ3n) is 7.63. The van der Waals surface area contributed by atoms with Crippen molar-refractivity contribution in [3.63, 3.8) is 0 Å². The summed E-state index contributed by atoms with van der Waals surface area (Å²) in [4.78, 5) is 23.9. The average Bonchev–Trinajstić information content (AvgIpc) is 3.45. The number of hydrazone groups is 1. The summed E-state index contributed by atoms with van der Waals surface area (Å²) < 4.78 is 13.1. The van der Waals surface area contributed by atoms with Crippen molar-refractivity contribution in [2.75, 3.05) is 67.7 Å². The van der Waals surface area contributed by atoms with E-state index in [1.54, 1.807) is 11.1 Å². The summed E-state index contributed by atoms with van der Waals surface area (Å²) in [6.45, 7) is 13.2. The number of aromatic nitrogens is 3. The Morgan fingerprint density at radius 1 is 0.955 bits per heavy atom. The van der Waals surface area contributed by atoms with Gasteiger partial charge in [-0.25, -0.2) is 9.78 Å². The van der Waals surface area contributed by atoms with Gasteiger partial charge in [-0.15, -0.1) is 0 Å². The molecule has 2 fully saturated rings. The number of carbonyl (C=O) groups excluding carboxylic acids is 1. The first-order chi connectivity index (χ1) is 21.2. The maximum absolute atomic E-state index is 12.6. The normalized spacial score (nSPS) is 16.1. The summed E-state index contributed by atoms with van der Waals surface area (Å²) in [5.74, 6) is 1.57. The van der Waals surface area contributed by atoms with E-state index >= 15 is 0 Å². The highest BCUT2D eigenvalue weighted by Crippen LogP contribution is 2.33. The zero-order chi connectivity index (χ0) is 30.7. The molecule has 2 saturated heterocycles. The fourth-order valence-electron chi connectivity index (χ4n) is 5.51. The van der Waals surface area contributed by atoms with Crippen LogP contribution in [0.2, 0.25) is 0 Å². The van der Waals surface area contributed by atoms with Crippen LogP contribution in [0.1, 0.15) is 31.9 Å². The molecule has 11 nitrogen and oxygen atoms in total. The second-order valence-electron chi connectivity index (χ2n) is 12.2. The van der Waals surface area contributed by atoms with Crippen molar-refractivity contribution >= 4 is 35.3 Å². The number of hydrogen-bond acceptors (Lipinski definition) is 9. The van der Waals surface area contributed by atoms with Gasteiger partial charge >= 0.3 is 6.09 Å². The number of morpholine rings is 1. The number of benzene rings is 2. The number of aryl methyl sites for hydroxylation is 1. The molecule has 2 aromatic carbocycles. The highest BCUT2D eigenvalue weighted by atomic mass is 16.6. The lowest BCUT2D eigenvalue weighted by atomic mass is 10.1. The van der Waals surface area contributed by atoms with Gasteiger partial charge in [-0.05, 0) is 39.3 Å². The Morgan fingerprint density at radius 2 is 1.73 bits per heavy atom. The number of nitrogens with zero attached hydrogens (tertiary/aromatic N) is 7. The maximum atomic E-state index is 12.6. The molecule has 0 unspecified atom stereocenters. The third kappa shape index (κ3) is 6.78. The zero-order valence-corrected chi connectivity index (χ0v) is 25.9. The van der Waals surface area contributed by atoms with E-state index in [9.17, 15) is 4.79 Å². The summed E-state index contributed by atoms with van der Waals surface area (Å²) in [7, 11) is 0.